The average Bonchev–Trinajstić information content (AvgIpc) is 2.97. The van der Waals surface area contributed by atoms with Gasteiger partial charge in [0.2, 0.25) is 5.91 Å². The van der Waals surface area contributed by atoms with Gasteiger partial charge in [0, 0.05) is 50.3 Å². The number of benzene rings is 3. The highest BCUT2D eigenvalue weighted by Gasteiger charge is 2.27. The number of carbonyl (C=O) groups excluding carboxylic acids is 1. The average molecular weight is 572 g/mol. The normalized spacial score (nSPS) is 14.2. The molecule has 2 N–H and O–H groups in total. The third kappa shape index (κ3) is 10.7. The van der Waals surface area contributed by atoms with Crippen LogP contribution < -0.4 is 15.0 Å². The van der Waals surface area contributed by atoms with Crippen LogP contribution in [0.2, 0.25) is 0 Å². The zero-order valence-corrected chi connectivity index (χ0v) is 25.4. The van der Waals surface area contributed by atoms with Crippen molar-refractivity contribution in [3.63, 3.8) is 0 Å². The lowest BCUT2D eigenvalue weighted by Gasteiger charge is -2.38. The molecule has 3 aromatic carbocycles. The van der Waals surface area contributed by atoms with E-state index in [0.29, 0.717) is 6.42 Å². The first-order chi connectivity index (χ1) is 20.1. The van der Waals surface area contributed by atoms with Crippen molar-refractivity contribution in [3.8, 4) is 5.75 Å². The molecule has 3 aromatic rings. The highest BCUT2D eigenvalue weighted by Crippen LogP contribution is 2.28. The fraction of sp³-hybridized carbons (Fsp3) is 0.371. The summed E-state index contributed by atoms with van der Waals surface area (Å²) >= 11 is 0. The van der Waals surface area contributed by atoms with Crippen LogP contribution in [0.3, 0.4) is 0 Å². The van der Waals surface area contributed by atoms with Crippen molar-refractivity contribution >= 4 is 17.6 Å². The highest BCUT2D eigenvalue weighted by atomic mass is 16.5. The second-order valence-corrected chi connectivity index (χ2v) is 11.7. The number of carboxylic acid groups (broad SMARTS) is 1. The lowest BCUT2D eigenvalue weighted by Crippen LogP contribution is -2.51. The fourth-order valence-electron chi connectivity index (χ4n) is 4.90. The van der Waals surface area contributed by atoms with Gasteiger partial charge in [-0.3, -0.25) is 9.69 Å². The van der Waals surface area contributed by atoms with Gasteiger partial charge in [-0.25, -0.2) is 4.79 Å². The standard InChI is InChI=1S/C25H35N3O2.C10H10O2/c1-25(2,3)26-24(29)21(18-20-10-6-5-7-11-20)19-27-14-16-28(17-15-27)22-12-8-9-13-23(22)30-4;1-8(10(11)12)7-9-5-3-2-4-6-9/h5-13,21H,14-19H2,1-4H3,(H,26,29);2-6H,1,7H2,(H,11,12). The number of amides is 1. The Morgan fingerprint density at radius 1 is 0.881 bits per heavy atom. The van der Waals surface area contributed by atoms with Gasteiger partial charge in [-0.15, -0.1) is 0 Å². The van der Waals surface area contributed by atoms with Gasteiger partial charge in [-0.1, -0.05) is 79.4 Å². The van der Waals surface area contributed by atoms with Gasteiger partial charge in [-0.2, -0.15) is 0 Å². The van der Waals surface area contributed by atoms with E-state index < -0.39 is 5.97 Å². The van der Waals surface area contributed by atoms with Crippen LogP contribution in [0.5, 0.6) is 5.75 Å². The highest BCUT2D eigenvalue weighted by molar-refractivity contribution is 5.86. The van der Waals surface area contributed by atoms with Gasteiger partial charge >= 0.3 is 5.97 Å². The van der Waals surface area contributed by atoms with Crippen LogP contribution in [0.4, 0.5) is 5.69 Å². The van der Waals surface area contributed by atoms with Crippen molar-refractivity contribution in [2.45, 2.75) is 39.2 Å². The molecule has 1 heterocycles. The molecule has 1 aliphatic heterocycles. The van der Waals surface area contributed by atoms with Crippen molar-refractivity contribution < 1.29 is 19.4 Å². The molecule has 7 nitrogen and oxygen atoms in total. The number of hydrogen-bond donors (Lipinski definition) is 2. The number of anilines is 1. The lowest BCUT2D eigenvalue weighted by atomic mass is 9.96. The number of hydrogen-bond acceptors (Lipinski definition) is 5. The third-order valence-electron chi connectivity index (χ3n) is 7.03. The molecule has 0 spiro atoms. The Morgan fingerprint density at radius 3 is 1.98 bits per heavy atom. The van der Waals surface area contributed by atoms with Gasteiger partial charge < -0.3 is 20.1 Å². The molecule has 42 heavy (non-hydrogen) atoms. The number of carbonyl (C=O) groups is 2. The first kappa shape index (κ1) is 32.4. The van der Waals surface area contributed by atoms with Crippen LogP contribution in [0.1, 0.15) is 31.9 Å². The van der Waals surface area contributed by atoms with E-state index >= 15 is 0 Å². The lowest BCUT2D eigenvalue weighted by molar-refractivity contribution is -0.132. The van der Waals surface area contributed by atoms with E-state index in [1.807, 2.05) is 81.4 Å². The Kier molecular flexibility index (Phi) is 12.2. The van der Waals surface area contributed by atoms with Gasteiger partial charge in [0.25, 0.3) is 0 Å². The number of rotatable bonds is 10. The van der Waals surface area contributed by atoms with Crippen molar-refractivity contribution in [2.75, 3.05) is 44.7 Å². The van der Waals surface area contributed by atoms with Crippen molar-refractivity contribution in [1.29, 1.82) is 0 Å². The van der Waals surface area contributed by atoms with Crippen LogP contribution >= 0.6 is 0 Å². The Bertz CT molecular complexity index is 1280. The minimum Gasteiger partial charge on any atom is -0.495 e. The molecule has 1 amide bonds. The topological polar surface area (TPSA) is 82.1 Å². The van der Waals surface area contributed by atoms with Crippen molar-refractivity contribution in [3.05, 3.63) is 108 Å². The molecule has 7 heteroatoms. The monoisotopic (exact) mass is 571 g/mol. The number of para-hydroxylation sites is 2. The molecule has 1 saturated heterocycles. The Balaban J connectivity index is 0.000000337. The van der Waals surface area contributed by atoms with Gasteiger partial charge in [0.05, 0.1) is 18.7 Å². The molecule has 0 saturated carbocycles. The smallest absolute Gasteiger partial charge is 0.331 e. The van der Waals surface area contributed by atoms with E-state index in [2.05, 4.69) is 46.0 Å². The quantitative estimate of drug-likeness (QED) is 0.315. The minimum absolute atomic E-state index is 0.0653. The summed E-state index contributed by atoms with van der Waals surface area (Å²) in [5, 5.41) is 11.7. The first-order valence-corrected chi connectivity index (χ1v) is 14.5. The van der Waals surface area contributed by atoms with E-state index in [1.54, 1.807) is 7.11 Å². The summed E-state index contributed by atoms with van der Waals surface area (Å²) in [5.41, 5.74) is 3.32. The number of nitrogens with one attached hydrogen (secondary N) is 1. The van der Waals surface area contributed by atoms with Crippen molar-refractivity contribution in [2.24, 2.45) is 5.92 Å². The summed E-state index contributed by atoms with van der Waals surface area (Å²) in [5.74, 6) is 0.0549. The zero-order chi connectivity index (χ0) is 30.5. The van der Waals surface area contributed by atoms with E-state index in [0.717, 1.165) is 56.1 Å². The molecule has 4 rings (SSSR count). The Labute approximate surface area is 250 Å². The third-order valence-corrected chi connectivity index (χ3v) is 7.03. The molecule has 0 aromatic heterocycles. The first-order valence-electron chi connectivity index (χ1n) is 14.5. The minimum atomic E-state index is -0.932. The number of methoxy groups -OCH3 is 1. The number of ether oxygens (including phenoxy) is 1. The van der Waals surface area contributed by atoms with Crippen molar-refractivity contribution in [1.82, 2.24) is 10.2 Å². The summed E-state index contributed by atoms with van der Waals surface area (Å²) in [6.45, 7) is 14.1. The molecule has 1 fully saturated rings. The molecule has 224 valence electrons. The van der Waals surface area contributed by atoms with Crippen LogP contribution in [0.25, 0.3) is 0 Å². The predicted octanol–water partition coefficient (Wildman–Crippen LogP) is 5.46. The maximum atomic E-state index is 13.0. The molecule has 0 aliphatic carbocycles. The number of piperazine rings is 1. The Hall–Kier alpha value is -4.10. The summed E-state index contributed by atoms with van der Waals surface area (Å²) < 4.78 is 5.53. The van der Waals surface area contributed by atoms with Crippen LogP contribution in [-0.4, -0.2) is 67.3 Å². The summed E-state index contributed by atoms with van der Waals surface area (Å²) in [4.78, 5) is 28.2. The second kappa shape index (κ2) is 15.8. The van der Waals surface area contributed by atoms with Crippen LogP contribution in [0, 0.1) is 5.92 Å². The van der Waals surface area contributed by atoms with E-state index in [4.69, 9.17) is 9.84 Å². The predicted molar refractivity (Wildman–Crippen MR) is 170 cm³/mol. The number of nitrogens with zero attached hydrogens (tertiary/aromatic N) is 2. The SMILES string of the molecule is C=C(Cc1ccccc1)C(=O)O.COc1ccccc1N1CCN(CC(Cc2ccccc2)C(=O)NC(C)(C)C)CC1. The molecule has 1 unspecified atom stereocenters. The molecule has 0 radical (unpaired) electrons. The summed E-state index contributed by atoms with van der Waals surface area (Å²) in [7, 11) is 1.72. The van der Waals surface area contributed by atoms with E-state index in [1.165, 1.54) is 5.56 Å². The molecule has 1 atom stereocenters. The summed E-state index contributed by atoms with van der Waals surface area (Å²) in [6, 6.07) is 27.9. The van der Waals surface area contributed by atoms with Gasteiger partial charge in [0.15, 0.2) is 0 Å². The zero-order valence-electron chi connectivity index (χ0n) is 25.4. The van der Waals surface area contributed by atoms with E-state index in [9.17, 15) is 9.59 Å². The number of aliphatic carboxylic acids is 1. The van der Waals surface area contributed by atoms with Crippen LogP contribution in [0.15, 0.2) is 97.1 Å². The fourth-order valence-corrected chi connectivity index (χ4v) is 4.90. The molecule has 0 bridgehead atoms. The number of carboxylic acids is 1. The summed E-state index contributed by atoms with van der Waals surface area (Å²) in [6.07, 6.45) is 1.17. The maximum absolute atomic E-state index is 13.0. The van der Waals surface area contributed by atoms with Crippen LogP contribution in [-0.2, 0) is 22.4 Å². The maximum Gasteiger partial charge on any atom is 0.331 e. The molecular weight excluding hydrogens is 526 g/mol. The largest absolute Gasteiger partial charge is 0.495 e. The molecular formula is C35H45N3O4. The van der Waals surface area contributed by atoms with Gasteiger partial charge in [-0.05, 0) is 50.5 Å². The molecule has 1 aliphatic rings. The Morgan fingerprint density at radius 2 is 1.43 bits per heavy atom. The van der Waals surface area contributed by atoms with E-state index in [-0.39, 0.29) is 22.9 Å². The second-order valence-electron chi connectivity index (χ2n) is 11.7. The van der Waals surface area contributed by atoms with Gasteiger partial charge in [0.1, 0.15) is 5.75 Å².